The topological polar surface area (TPSA) is 59.6 Å². The molecule has 0 aliphatic heterocycles. The van der Waals surface area contributed by atoms with Gasteiger partial charge in [-0.25, -0.2) is 9.38 Å². The summed E-state index contributed by atoms with van der Waals surface area (Å²) in [5.41, 5.74) is 6.56. The van der Waals surface area contributed by atoms with Gasteiger partial charge in [0, 0.05) is 6.54 Å². The van der Waals surface area contributed by atoms with Crippen LogP contribution in [-0.2, 0) is 6.54 Å². The van der Waals surface area contributed by atoms with Gasteiger partial charge in [-0.1, -0.05) is 12.5 Å². The fourth-order valence-electron chi connectivity index (χ4n) is 2.09. The lowest BCUT2D eigenvalue weighted by Gasteiger charge is -2.25. The molecule has 1 saturated carbocycles. The lowest BCUT2D eigenvalue weighted by molar-refractivity contribution is 0.315. The van der Waals surface area contributed by atoms with Crippen LogP contribution in [0.5, 0.6) is 5.75 Å². The number of nitrogens with zero attached hydrogens (tertiary/aromatic N) is 1. The second kappa shape index (κ2) is 7.12. The summed E-state index contributed by atoms with van der Waals surface area (Å²) in [7, 11) is 0. The summed E-state index contributed by atoms with van der Waals surface area (Å²) in [6, 6.07) is 4.87. The molecule has 110 valence electrons. The molecule has 0 unspecified atom stereocenters. The molecule has 2 rings (SSSR count). The second-order valence-corrected chi connectivity index (χ2v) is 5.08. The number of hydrogen-bond donors (Lipinski definition) is 2. The summed E-state index contributed by atoms with van der Waals surface area (Å²) in [6.45, 7) is 3.53. The molecule has 0 spiro atoms. The first kappa shape index (κ1) is 14.6. The molecule has 0 saturated heterocycles. The molecule has 1 aromatic carbocycles. The van der Waals surface area contributed by atoms with Crippen LogP contribution >= 0.6 is 0 Å². The highest BCUT2D eigenvalue weighted by Gasteiger charge is 2.16. The molecule has 20 heavy (non-hydrogen) atoms. The van der Waals surface area contributed by atoms with E-state index in [2.05, 4.69) is 10.3 Å². The molecular formula is C15H22FN3O. The molecule has 0 radical (unpaired) electrons. The minimum atomic E-state index is -0.361. The quantitative estimate of drug-likeness (QED) is 0.621. The molecule has 1 aromatic rings. The average Bonchev–Trinajstić information content (AvgIpc) is 2.37. The molecule has 1 aliphatic carbocycles. The summed E-state index contributed by atoms with van der Waals surface area (Å²) >= 11 is 0. The van der Waals surface area contributed by atoms with Crippen molar-refractivity contribution in [3.8, 4) is 5.75 Å². The summed E-state index contributed by atoms with van der Waals surface area (Å²) < 4.78 is 18.8. The highest BCUT2D eigenvalue weighted by molar-refractivity contribution is 5.77. The van der Waals surface area contributed by atoms with Crippen LogP contribution in [0.4, 0.5) is 4.39 Å². The third kappa shape index (κ3) is 4.11. The minimum Gasteiger partial charge on any atom is -0.491 e. The van der Waals surface area contributed by atoms with Crippen LogP contribution in [0, 0.1) is 11.7 Å². The van der Waals surface area contributed by atoms with Gasteiger partial charge in [0.2, 0.25) is 0 Å². The van der Waals surface area contributed by atoms with Crippen LogP contribution in [-0.4, -0.2) is 19.1 Å². The Balaban J connectivity index is 1.83. The molecule has 4 nitrogen and oxygen atoms in total. The van der Waals surface area contributed by atoms with E-state index in [4.69, 9.17) is 10.5 Å². The normalized spacial score (nSPS) is 15.8. The zero-order valence-corrected chi connectivity index (χ0v) is 11.9. The van der Waals surface area contributed by atoms with Gasteiger partial charge in [0.15, 0.2) is 17.5 Å². The highest BCUT2D eigenvalue weighted by Crippen LogP contribution is 2.25. The number of nitrogens with two attached hydrogens (primary N) is 1. The summed E-state index contributed by atoms with van der Waals surface area (Å²) in [5, 5.41) is 3.11. The van der Waals surface area contributed by atoms with Gasteiger partial charge in [0.1, 0.15) is 0 Å². The summed E-state index contributed by atoms with van der Waals surface area (Å²) in [6.07, 6.45) is 3.85. The Bertz CT molecular complexity index is 472. The minimum absolute atomic E-state index is 0.274. The number of nitrogens with one attached hydrogen (secondary N) is 1. The van der Waals surface area contributed by atoms with Crippen LogP contribution in [0.25, 0.3) is 0 Å². The van der Waals surface area contributed by atoms with E-state index in [-0.39, 0.29) is 11.6 Å². The van der Waals surface area contributed by atoms with Crippen molar-refractivity contribution < 1.29 is 9.13 Å². The van der Waals surface area contributed by atoms with Crippen LogP contribution in [0.15, 0.2) is 23.2 Å². The van der Waals surface area contributed by atoms with Gasteiger partial charge >= 0.3 is 0 Å². The van der Waals surface area contributed by atoms with E-state index in [9.17, 15) is 4.39 Å². The van der Waals surface area contributed by atoms with Crippen molar-refractivity contribution in [1.82, 2.24) is 5.32 Å². The van der Waals surface area contributed by atoms with E-state index in [0.717, 1.165) is 18.0 Å². The average molecular weight is 279 g/mol. The van der Waals surface area contributed by atoms with Gasteiger partial charge in [-0.2, -0.15) is 0 Å². The second-order valence-electron chi connectivity index (χ2n) is 5.08. The lowest BCUT2D eigenvalue weighted by Crippen LogP contribution is -2.37. The molecule has 1 fully saturated rings. The fraction of sp³-hybridized carbons (Fsp3) is 0.533. The van der Waals surface area contributed by atoms with E-state index >= 15 is 0 Å². The predicted octanol–water partition coefficient (Wildman–Crippen LogP) is 2.43. The third-order valence-corrected chi connectivity index (χ3v) is 3.52. The highest BCUT2D eigenvalue weighted by atomic mass is 19.1. The van der Waals surface area contributed by atoms with Crippen molar-refractivity contribution in [2.45, 2.75) is 32.7 Å². The van der Waals surface area contributed by atoms with Crippen molar-refractivity contribution >= 4 is 5.96 Å². The van der Waals surface area contributed by atoms with Crippen molar-refractivity contribution in [3.63, 3.8) is 0 Å². The Labute approximate surface area is 119 Å². The molecule has 0 amide bonds. The molecule has 5 heteroatoms. The van der Waals surface area contributed by atoms with Gasteiger partial charge in [-0.05, 0) is 43.4 Å². The summed E-state index contributed by atoms with van der Waals surface area (Å²) in [5.74, 6) is 1.06. The smallest absolute Gasteiger partial charge is 0.188 e. The Morgan fingerprint density at radius 2 is 2.30 bits per heavy atom. The van der Waals surface area contributed by atoms with Gasteiger partial charge in [-0.3, -0.25) is 0 Å². The first-order valence-corrected chi connectivity index (χ1v) is 7.14. The molecule has 0 heterocycles. The van der Waals surface area contributed by atoms with E-state index in [1.807, 2.05) is 6.92 Å². The lowest BCUT2D eigenvalue weighted by atomic mass is 9.85. The molecule has 0 atom stereocenters. The van der Waals surface area contributed by atoms with Gasteiger partial charge in [0.25, 0.3) is 0 Å². The van der Waals surface area contributed by atoms with Crippen LogP contribution < -0.4 is 15.8 Å². The number of guanidine groups is 1. The predicted molar refractivity (Wildman–Crippen MR) is 78.2 cm³/mol. The zero-order chi connectivity index (χ0) is 14.4. The van der Waals surface area contributed by atoms with Crippen LogP contribution in [0.3, 0.4) is 0 Å². The van der Waals surface area contributed by atoms with Gasteiger partial charge in [0.05, 0.1) is 13.2 Å². The maximum Gasteiger partial charge on any atom is 0.188 e. The number of aliphatic imine (C=N–C) groups is 1. The monoisotopic (exact) mass is 279 g/mol. The van der Waals surface area contributed by atoms with Crippen molar-refractivity contribution in [3.05, 3.63) is 29.6 Å². The number of halogens is 1. The molecule has 0 aromatic heterocycles. The standard InChI is InChI=1S/C15H22FN3O/c1-2-20-14-7-6-12(8-13(14)16)10-19-15(17)18-9-11-4-3-5-11/h6-8,11H,2-5,9-10H2,1H3,(H3,17,18,19). The number of ether oxygens (including phenoxy) is 1. The fourth-order valence-corrected chi connectivity index (χ4v) is 2.09. The van der Waals surface area contributed by atoms with E-state index < -0.39 is 0 Å². The largest absolute Gasteiger partial charge is 0.491 e. The molecule has 0 bridgehead atoms. The maximum atomic E-state index is 13.6. The SMILES string of the molecule is CCOc1ccc(CN=C(N)NCC2CCC2)cc1F. The third-order valence-electron chi connectivity index (χ3n) is 3.52. The summed E-state index contributed by atoms with van der Waals surface area (Å²) in [4.78, 5) is 4.22. The number of benzene rings is 1. The molecule has 1 aliphatic rings. The maximum absolute atomic E-state index is 13.6. The van der Waals surface area contributed by atoms with Crippen molar-refractivity contribution in [2.75, 3.05) is 13.2 Å². The van der Waals surface area contributed by atoms with Gasteiger partial charge < -0.3 is 15.8 Å². The Morgan fingerprint density at radius 1 is 1.50 bits per heavy atom. The molecule has 3 N–H and O–H groups in total. The number of hydrogen-bond acceptors (Lipinski definition) is 2. The van der Waals surface area contributed by atoms with Crippen molar-refractivity contribution in [1.29, 1.82) is 0 Å². The van der Waals surface area contributed by atoms with Crippen molar-refractivity contribution in [2.24, 2.45) is 16.6 Å². The van der Waals surface area contributed by atoms with Crippen LogP contribution in [0.1, 0.15) is 31.7 Å². The first-order chi connectivity index (χ1) is 9.69. The Morgan fingerprint density at radius 3 is 2.90 bits per heavy atom. The molecular weight excluding hydrogens is 257 g/mol. The van der Waals surface area contributed by atoms with E-state index in [0.29, 0.717) is 19.1 Å². The van der Waals surface area contributed by atoms with E-state index in [1.54, 1.807) is 12.1 Å². The number of rotatable bonds is 6. The van der Waals surface area contributed by atoms with Crippen LogP contribution in [0.2, 0.25) is 0 Å². The Hall–Kier alpha value is -1.78. The zero-order valence-electron chi connectivity index (χ0n) is 11.9. The Kier molecular flexibility index (Phi) is 5.21. The first-order valence-electron chi connectivity index (χ1n) is 7.14. The van der Waals surface area contributed by atoms with Gasteiger partial charge in [-0.15, -0.1) is 0 Å². The van der Waals surface area contributed by atoms with E-state index in [1.165, 1.54) is 25.3 Å².